The minimum Gasteiger partial charge on any atom is -0.508 e. The van der Waals surface area contributed by atoms with Gasteiger partial charge in [-0.25, -0.2) is 9.59 Å². The second kappa shape index (κ2) is 25.7. The summed E-state index contributed by atoms with van der Waals surface area (Å²) in [5.74, 6) is -4.83. The van der Waals surface area contributed by atoms with Gasteiger partial charge in [0, 0.05) is 20.0 Å². The largest absolute Gasteiger partial charge is 0.508 e. The summed E-state index contributed by atoms with van der Waals surface area (Å²) < 4.78 is 0. The maximum absolute atomic E-state index is 14.5. The van der Waals surface area contributed by atoms with E-state index in [2.05, 4.69) is 31.9 Å². The number of phenols is 3. The summed E-state index contributed by atoms with van der Waals surface area (Å²) in [5.41, 5.74) is 2.03. The lowest BCUT2D eigenvalue weighted by Crippen LogP contribution is -2.60. The number of carboxylic acids is 1. The molecule has 4 rings (SSSR count). The van der Waals surface area contributed by atoms with Crippen LogP contribution in [0.4, 0.5) is 4.79 Å². The zero-order valence-corrected chi connectivity index (χ0v) is 38.9. The van der Waals surface area contributed by atoms with Gasteiger partial charge in [0.15, 0.2) is 0 Å². The van der Waals surface area contributed by atoms with Crippen molar-refractivity contribution in [3.63, 3.8) is 0 Å². The van der Waals surface area contributed by atoms with Crippen molar-refractivity contribution in [3.05, 3.63) is 89.5 Å². The first-order valence-electron chi connectivity index (χ1n) is 22.9. The number of carbonyl (C=O) groups excluding carboxylic acids is 6. The second-order valence-corrected chi connectivity index (χ2v) is 17.7. The van der Waals surface area contributed by atoms with E-state index in [4.69, 9.17) is 0 Å². The molecule has 0 spiro atoms. The van der Waals surface area contributed by atoms with Crippen molar-refractivity contribution in [2.45, 2.75) is 128 Å². The Labute approximate surface area is 391 Å². The molecule has 0 bridgehead atoms. The van der Waals surface area contributed by atoms with Gasteiger partial charge in [0.2, 0.25) is 29.5 Å². The lowest BCUT2D eigenvalue weighted by atomic mass is 9.96. The number of carbonyl (C=O) groups is 7. The van der Waals surface area contributed by atoms with Crippen LogP contribution in [0.5, 0.6) is 17.2 Å². The molecule has 18 heteroatoms. The molecule has 1 aliphatic heterocycles. The summed E-state index contributed by atoms with van der Waals surface area (Å²) in [6, 6.07) is 10.4. The molecule has 1 saturated heterocycles. The third-order valence-corrected chi connectivity index (χ3v) is 12.0. The fourth-order valence-corrected chi connectivity index (χ4v) is 7.75. The molecule has 0 aromatic heterocycles. The summed E-state index contributed by atoms with van der Waals surface area (Å²) >= 11 is 0. The number of hydrogen-bond donors (Lipinski definition) is 10. The van der Waals surface area contributed by atoms with Crippen molar-refractivity contribution < 1.29 is 54.0 Å². The van der Waals surface area contributed by atoms with Gasteiger partial charge in [0.05, 0.1) is 0 Å². The van der Waals surface area contributed by atoms with Gasteiger partial charge in [0.25, 0.3) is 0 Å². The molecule has 1 aliphatic rings. The second-order valence-electron chi connectivity index (χ2n) is 17.7. The zero-order chi connectivity index (χ0) is 49.2. The van der Waals surface area contributed by atoms with E-state index in [0.717, 1.165) is 11.1 Å². The van der Waals surface area contributed by atoms with Gasteiger partial charge in [-0.2, -0.15) is 0 Å². The zero-order valence-electron chi connectivity index (χ0n) is 38.9. The topological polar surface area (TPSA) is 276 Å². The Morgan fingerprint density at radius 2 is 1.19 bits per heavy atom. The molecule has 0 saturated carbocycles. The van der Waals surface area contributed by atoms with E-state index in [9.17, 15) is 54.0 Å². The SMILES string of the molecule is CCC(C)C1NC(=O)C(CCc2ccc(O)cc2)NC(=O)C(CCc2ccc(O)cc2)NC(=O)C(CC(C)C)N(C)C(=O)C(NC(=O)NC(Cc2ccc(O)cc2)C(=O)O)CCCCNC1=O. The first kappa shape index (κ1) is 52.8. The molecule has 18 nitrogen and oxygen atoms in total. The van der Waals surface area contributed by atoms with Crippen molar-refractivity contribution >= 4 is 41.5 Å². The number of rotatable bonds is 15. The predicted octanol–water partition coefficient (Wildman–Crippen LogP) is 3.41. The van der Waals surface area contributed by atoms with E-state index in [1.54, 1.807) is 24.3 Å². The highest BCUT2D eigenvalue weighted by molar-refractivity contribution is 5.96. The Balaban J connectivity index is 1.71. The van der Waals surface area contributed by atoms with Crippen LogP contribution in [0, 0.1) is 11.8 Å². The molecule has 1 heterocycles. The Hall–Kier alpha value is -6.85. The molecule has 1 fully saturated rings. The Bertz CT molecular complexity index is 2130. The molecule has 0 radical (unpaired) electrons. The maximum Gasteiger partial charge on any atom is 0.326 e. The number of likely N-dealkylation sites (N-methyl/N-ethyl adjacent to an activating group) is 1. The van der Waals surface area contributed by atoms with E-state index in [-0.39, 0.29) is 74.2 Å². The number of carboxylic acid groups (broad SMARTS) is 1. The van der Waals surface area contributed by atoms with Gasteiger partial charge < -0.3 is 57.2 Å². The summed E-state index contributed by atoms with van der Waals surface area (Å²) in [6.07, 6.45) is 1.89. The van der Waals surface area contributed by atoms with Crippen LogP contribution in [0.1, 0.15) is 89.3 Å². The molecule has 364 valence electrons. The highest BCUT2D eigenvalue weighted by Crippen LogP contribution is 2.19. The summed E-state index contributed by atoms with van der Waals surface area (Å²) in [6.45, 7) is 7.54. The summed E-state index contributed by atoms with van der Waals surface area (Å²) in [7, 11) is 1.42. The first-order valence-corrected chi connectivity index (χ1v) is 22.9. The van der Waals surface area contributed by atoms with Crippen molar-refractivity contribution in [2.75, 3.05) is 13.6 Å². The van der Waals surface area contributed by atoms with Gasteiger partial charge >= 0.3 is 12.0 Å². The van der Waals surface area contributed by atoms with Crippen molar-refractivity contribution in [2.24, 2.45) is 11.8 Å². The van der Waals surface area contributed by atoms with E-state index in [1.807, 2.05) is 27.7 Å². The van der Waals surface area contributed by atoms with Crippen LogP contribution < -0.4 is 31.9 Å². The van der Waals surface area contributed by atoms with Crippen LogP contribution >= 0.6 is 0 Å². The van der Waals surface area contributed by atoms with Gasteiger partial charge in [-0.3, -0.25) is 24.0 Å². The molecule has 7 atom stereocenters. The minimum atomic E-state index is -1.41. The predicted molar refractivity (Wildman–Crippen MR) is 250 cm³/mol. The Morgan fingerprint density at radius 3 is 1.69 bits per heavy atom. The highest BCUT2D eigenvalue weighted by atomic mass is 16.4. The fourth-order valence-electron chi connectivity index (χ4n) is 7.75. The molecule has 7 unspecified atom stereocenters. The van der Waals surface area contributed by atoms with Crippen LogP contribution in [0.2, 0.25) is 0 Å². The molecular formula is C49H67N7O11. The number of amides is 7. The van der Waals surface area contributed by atoms with Crippen molar-refractivity contribution in [1.82, 2.24) is 36.8 Å². The maximum atomic E-state index is 14.5. The van der Waals surface area contributed by atoms with Gasteiger partial charge in [-0.15, -0.1) is 0 Å². The summed E-state index contributed by atoms with van der Waals surface area (Å²) in [5, 5.41) is 55.9. The third kappa shape index (κ3) is 16.8. The van der Waals surface area contributed by atoms with Gasteiger partial charge in [0.1, 0.15) is 53.5 Å². The smallest absolute Gasteiger partial charge is 0.326 e. The quantitative estimate of drug-likeness (QED) is 0.106. The Kier molecular flexibility index (Phi) is 20.3. The summed E-state index contributed by atoms with van der Waals surface area (Å²) in [4.78, 5) is 98.5. The molecule has 67 heavy (non-hydrogen) atoms. The molecular weight excluding hydrogens is 863 g/mol. The molecule has 3 aromatic carbocycles. The molecule has 3 aromatic rings. The number of benzene rings is 3. The number of aliphatic carboxylic acids is 1. The highest BCUT2D eigenvalue weighted by Gasteiger charge is 2.37. The Morgan fingerprint density at radius 1 is 0.701 bits per heavy atom. The van der Waals surface area contributed by atoms with Gasteiger partial charge in [-0.1, -0.05) is 70.5 Å². The van der Waals surface area contributed by atoms with E-state index in [1.165, 1.54) is 60.5 Å². The number of aryl methyl sites for hydroxylation is 2. The monoisotopic (exact) mass is 929 g/mol. The molecule has 10 N–H and O–H groups in total. The van der Waals surface area contributed by atoms with Crippen molar-refractivity contribution in [3.8, 4) is 17.2 Å². The van der Waals surface area contributed by atoms with Crippen LogP contribution in [0.3, 0.4) is 0 Å². The van der Waals surface area contributed by atoms with E-state index >= 15 is 0 Å². The number of nitrogens with zero attached hydrogens (tertiary/aromatic N) is 1. The first-order chi connectivity index (χ1) is 31.8. The minimum absolute atomic E-state index is 0.0173. The van der Waals surface area contributed by atoms with Crippen LogP contribution in [-0.2, 0) is 48.0 Å². The van der Waals surface area contributed by atoms with Gasteiger partial charge in [-0.05, 0) is 116 Å². The van der Waals surface area contributed by atoms with E-state index in [0.29, 0.717) is 31.2 Å². The number of aromatic hydroxyl groups is 3. The average molecular weight is 930 g/mol. The van der Waals surface area contributed by atoms with Crippen LogP contribution in [0.25, 0.3) is 0 Å². The number of hydrogen-bond acceptors (Lipinski definition) is 10. The molecule has 0 aliphatic carbocycles. The standard InChI is InChI=1S/C49H67N7O11/c1-6-30(4)42-46(63)50-26-8-7-9-39(53-49(67)54-40(48(65)66)28-33-14-22-36(59)23-15-33)47(64)56(5)41(27-29(2)3)45(62)52-37(24-16-31-10-18-34(57)19-11-31)43(60)51-38(44(61)55-42)25-17-32-12-20-35(58)21-13-32/h10-15,18-23,29-30,37-42,57-59H,6-9,16-17,24-28H2,1-5H3,(H,50,63)(H,51,60)(H,52,62)(H,55,61)(H,65,66)(H2,53,54,67). The lowest BCUT2D eigenvalue weighted by molar-refractivity contribution is -0.142. The van der Waals surface area contributed by atoms with Crippen LogP contribution in [0.15, 0.2) is 72.8 Å². The number of nitrogens with one attached hydrogen (secondary N) is 6. The van der Waals surface area contributed by atoms with E-state index < -0.39 is 77.8 Å². The third-order valence-electron chi connectivity index (χ3n) is 12.0. The average Bonchev–Trinajstić information content (AvgIpc) is 3.29. The molecule has 7 amide bonds. The van der Waals surface area contributed by atoms with Crippen molar-refractivity contribution in [1.29, 1.82) is 0 Å². The van der Waals surface area contributed by atoms with Crippen LogP contribution in [-0.4, -0.2) is 117 Å². The normalized spacial score (nSPS) is 21.3. The fraction of sp³-hybridized carbons (Fsp3) is 0.490. The number of phenolic OH excluding ortho intramolecular Hbond substituents is 3. The lowest BCUT2D eigenvalue weighted by Gasteiger charge is -2.33. The number of urea groups is 1.